The van der Waals surface area contributed by atoms with Gasteiger partial charge in [0.05, 0.1) is 39.6 Å². The molecule has 52 heavy (non-hydrogen) atoms. The fourth-order valence-corrected chi connectivity index (χ4v) is 12.9. The lowest BCUT2D eigenvalue weighted by Crippen LogP contribution is -2.23. The predicted molar refractivity (Wildman–Crippen MR) is 214 cm³/mol. The minimum absolute atomic E-state index is 0.234. The van der Waals surface area contributed by atoms with E-state index >= 15 is 0 Å². The third-order valence-corrected chi connectivity index (χ3v) is 16.1. The lowest BCUT2D eigenvalue weighted by Gasteiger charge is -2.35. The van der Waals surface area contributed by atoms with Gasteiger partial charge in [-0.05, 0) is 57.8 Å². The van der Waals surface area contributed by atoms with Crippen LogP contribution in [0.4, 0.5) is 0 Å². The fourth-order valence-electron chi connectivity index (χ4n) is 4.55. The second-order valence-electron chi connectivity index (χ2n) is 13.0. The quantitative estimate of drug-likeness (QED) is 0.0431. The van der Waals surface area contributed by atoms with Crippen LogP contribution in [0.3, 0.4) is 0 Å². The molecule has 0 aromatic heterocycles. The van der Waals surface area contributed by atoms with Gasteiger partial charge in [0.2, 0.25) is 0 Å². The fraction of sp³-hybridized carbons (Fsp3) is 1.00. The average Bonchev–Trinajstić information content (AvgIpc) is 3.11. The maximum atomic E-state index is 14.6. The first-order chi connectivity index (χ1) is 25.0. The SMILES string of the molecule is CCCCOP(=O)(OCCCC)C(CCC)OP(OC(CCC)P(=O)(OCCCC)OCCCC)OC(CCC)P(=O)(OCCCC)OCCCC. The Morgan fingerprint density at radius 3 is 0.692 bits per heavy atom. The summed E-state index contributed by atoms with van der Waals surface area (Å²) in [6.07, 6.45) is 12.0. The molecule has 0 spiro atoms. The summed E-state index contributed by atoms with van der Waals surface area (Å²) in [5, 5.41) is 0. The largest absolute Gasteiger partial charge is 0.359 e. The Morgan fingerprint density at radius 2 is 0.538 bits per heavy atom. The smallest absolute Gasteiger partial charge is 0.307 e. The zero-order valence-electron chi connectivity index (χ0n) is 34.4. The third kappa shape index (κ3) is 21.9. The Morgan fingerprint density at radius 1 is 0.346 bits per heavy atom. The monoisotopic (exact) mass is 826 g/mol. The molecule has 0 aliphatic rings. The molecule has 0 aliphatic carbocycles. The van der Waals surface area contributed by atoms with Gasteiger partial charge in [-0.25, -0.2) is 0 Å². The van der Waals surface area contributed by atoms with Crippen molar-refractivity contribution in [1.82, 2.24) is 0 Å². The Balaban J connectivity index is 7.20. The van der Waals surface area contributed by atoms with Gasteiger partial charge in [-0.15, -0.1) is 0 Å². The normalized spacial score (nSPS) is 15.2. The van der Waals surface area contributed by atoms with Gasteiger partial charge >= 0.3 is 31.4 Å². The summed E-state index contributed by atoms with van der Waals surface area (Å²) in [5.41, 5.74) is 0. The highest BCUT2D eigenvalue weighted by molar-refractivity contribution is 7.57. The molecule has 0 fully saturated rings. The molecular formula is C36H78O12P4. The summed E-state index contributed by atoms with van der Waals surface area (Å²) in [4.78, 5) is 0. The molecule has 0 N–H and O–H groups in total. The minimum Gasteiger partial charge on any atom is -0.307 e. The molecule has 0 amide bonds. The van der Waals surface area contributed by atoms with Gasteiger partial charge in [-0.1, -0.05) is 120 Å². The van der Waals surface area contributed by atoms with Crippen molar-refractivity contribution in [2.75, 3.05) is 39.6 Å². The van der Waals surface area contributed by atoms with E-state index in [0.29, 0.717) is 77.0 Å². The number of hydrogen-bond acceptors (Lipinski definition) is 12. The molecule has 0 radical (unpaired) electrons. The molecular weight excluding hydrogens is 748 g/mol. The van der Waals surface area contributed by atoms with Gasteiger partial charge in [0.1, 0.15) is 0 Å². The van der Waals surface area contributed by atoms with Crippen LogP contribution < -0.4 is 0 Å². The zero-order valence-corrected chi connectivity index (χ0v) is 38.0. The van der Waals surface area contributed by atoms with Crippen LogP contribution in [0.25, 0.3) is 0 Å². The van der Waals surface area contributed by atoms with Gasteiger partial charge in [-0.2, -0.15) is 0 Å². The summed E-state index contributed by atoms with van der Waals surface area (Å²) in [6.45, 7) is 19.4. The van der Waals surface area contributed by atoms with E-state index in [9.17, 15) is 13.7 Å². The van der Waals surface area contributed by atoms with Crippen molar-refractivity contribution in [3.63, 3.8) is 0 Å². The maximum Gasteiger partial charge on any atom is 0.359 e. The molecule has 16 heteroatoms. The van der Waals surface area contributed by atoms with Crippen LogP contribution in [0.2, 0.25) is 0 Å². The van der Waals surface area contributed by atoms with E-state index in [1.165, 1.54) is 0 Å². The van der Waals surface area contributed by atoms with Gasteiger partial charge in [0, 0.05) is 0 Å². The summed E-state index contributed by atoms with van der Waals surface area (Å²) >= 11 is 0. The Bertz CT molecular complexity index is 815. The molecule has 0 heterocycles. The number of hydrogen-bond donors (Lipinski definition) is 0. The molecule has 0 aliphatic heterocycles. The lowest BCUT2D eigenvalue weighted by molar-refractivity contribution is 0.0708. The van der Waals surface area contributed by atoms with Crippen molar-refractivity contribution >= 4 is 31.4 Å². The average molecular weight is 827 g/mol. The van der Waals surface area contributed by atoms with Crippen molar-refractivity contribution in [3.05, 3.63) is 0 Å². The molecule has 12 nitrogen and oxygen atoms in total. The molecule has 0 bridgehead atoms. The second kappa shape index (κ2) is 32.8. The van der Waals surface area contributed by atoms with Crippen molar-refractivity contribution in [2.45, 2.75) is 195 Å². The molecule has 3 atom stereocenters. The van der Waals surface area contributed by atoms with Crippen LogP contribution in [0.15, 0.2) is 0 Å². The van der Waals surface area contributed by atoms with E-state index in [1.807, 2.05) is 62.3 Å². The summed E-state index contributed by atoms with van der Waals surface area (Å²) < 4.78 is 99.9. The molecule has 0 aromatic rings. The first-order valence-corrected chi connectivity index (χ1v) is 26.4. The minimum atomic E-state index is -3.87. The predicted octanol–water partition coefficient (Wildman–Crippen LogP) is 14.1. The van der Waals surface area contributed by atoms with Crippen molar-refractivity contribution in [2.24, 2.45) is 0 Å². The molecule has 314 valence electrons. The van der Waals surface area contributed by atoms with Crippen LogP contribution in [-0.2, 0) is 54.4 Å². The van der Waals surface area contributed by atoms with Crippen LogP contribution in [0.5, 0.6) is 0 Å². The van der Waals surface area contributed by atoms with Crippen molar-refractivity contribution in [3.8, 4) is 0 Å². The maximum absolute atomic E-state index is 14.6. The standard InChI is InChI=1S/C36H78O12P4/c1-10-19-28-40-50(37,41-29-20-11-2)34(25-16-7)46-49(47-35(26-17-8)51(38,42-30-21-12-3)43-31-22-13-4)48-36(27-18-9)52(39,44-32-23-14-5)45-33-24-15-6/h34-36H,10-33H2,1-9H3. The van der Waals surface area contributed by atoms with Crippen molar-refractivity contribution in [1.29, 1.82) is 0 Å². The van der Waals surface area contributed by atoms with Crippen LogP contribution in [-0.4, -0.2) is 57.2 Å². The van der Waals surface area contributed by atoms with E-state index in [-0.39, 0.29) is 39.6 Å². The van der Waals surface area contributed by atoms with Crippen LogP contribution in [0.1, 0.15) is 178 Å². The Labute approximate surface area is 320 Å². The molecule has 0 rings (SSSR count). The highest BCUT2D eigenvalue weighted by Gasteiger charge is 2.47. The van der Waals surface area contributed by atoms with Gasteiger partial charge < -0.3 is 27.1 Å². The Kier molecular flexibility index (Phi) is 33.3. The summed E-state index contributed by atoms with van der Waals surface area (Å²) in [7, 11) is -14.1. The van der Waals surface area contributed by atoms with E-state index in [0.717, 1.165) is 38.5 Å². The molecule has 3 unspecified atom stereocenters. The highest BCUT2D eigenvalue weighted by Crippen LogP contribution is 2.67. The van der Waals surface area contributed by atoms with Gasteiger partial charge in [0.25, 0.3) is 0 Å². The molecule has 0 saturated carbocycles. The van der Waals surface area contributed by atoms with E-state index < -0.39 is 48.9 Å². The number of unbranched alkanes of at least 4 members (excludes halogenated alkanes) is 6. The molecule has 0 aromatic carbocycles. The number of rotatable bonds is 39. The summed E-state index contributed by atoms with van der Waals surface area (Å²) in [6, 6.07) is 0. The highest BCUT2D eigenvalue weighted by atomic mass is 31.2. The first-order valence-electron chi connectivity index (χ1n) is 20.5. The summed E-state index contributed by atoms with van der Waals surface area (Å²) in [5.74, 6) is -3.20. The second-order valence-corrected chi connectivity index (χ2v) is 20.6. The zero-order chi connectivity index (χ0) is 39.1. The Hall–Kier alpha value is 0.760. The van der Waals surface area contributed by atoms with E-state index in [1.54, 1.807) is 0 Å². The van der Waals surface area contributed by atoms with E-state index in [2.05, 4.69) is 0 Å². The van der Waals surface area contributed by atoms with Gasteiger partial charge in [0.15, 0.2) is 17.5 Å². The van der Waals surface area contributed by atoms with Crippen LogP contribution in [0, 0.1) is 0 Å². The van der Waals surface area contributed by atoms with Gasteiger partial charge in [-0.3, -0.25) is 27.3 Å². The topological polar surface area (TPSA) is 134 Å². The molecule has 0 saturated heterocycles. The lowest BCUT2D eigenvalue weighted by atomic mass is 10.4. The van der Waals surface area contributed by atoms with Crippen molar-refractivity contribution < 1.29 is 54.4 Å². The van der Waals surface area contributed by atoms with E-state index in [4.69, 9.17) is 40.7 Å². The van der Waals surface area contributed by atoms with Crippen LogP contribution >= 0.6 is 31.4 Å². The first kappa shape index (κ1) is 52.8. The third-order valence-electron chi connectivity index (χ3n) is 7.90.